The molecule has 1 rings (SSSR count). The Balaban J connectivity index is 2.82. The molecule has 1 aromatic rings. The largest absolute Gasteiger partial charge is 0.394 e. The first-order chi connectivity index (χ1) is 4.75. The highest BCUT2D eigenvalue weighted by molar-refractivity contribution is 4.91. The van der Waals surface area contributed by atoms with Crippen molar-refractivity contribution < 1.29 is 5.11 Å². The summed E-state index contributed by atoms with van der Waals surface area (Å²) in [4.78, 5) is 3.85. The van der Waals surface area contributed by atoms with Gasteiger partial charge in [-0.3, -0.25) is 4.68 Å². The van der Waals surface area contributed by atoms with E-state index in [1.807, 2.05) is 0 Å². The number of aromatic nitrogens is 3. The van der Waals surface area contributed by atoms with Gasteiger partial charge in [0.15, 0.2) is 0 Å². The van der Waals surface area contributed by atoms with Crippen LogP contribution in [0.3, 0.4) is 0 Å². The molecule has 1 atom stereocenters. The summed E-state index contributed by atoms with van der Waals surface area (Å²) >= 11 is 0. The van der Waals surface area contributed by atoms with E-state index in [0.29, 0.717) is 5.82 Å². The molecule has 10 heavy (non-hydrogen) atoms. The van der Waals surface area contributed by atoms with Gasteiger partial charge in [-0.05, 0) is 0 Å². The maximum Gasteiger partial charge on any atom is 0.145 e. The van der Waals surface area contributed by atoms with Gasteiger partial charge in [-0.2, -0.15) is 5.10 Å². The number of aryl methyl sites for hydroxylation is 1. The molecule has 0 bridgehead atoms. The van der Waals surface area contributed by atoms with Crippen molar-refractivity contribution in [3.63, 3.8) is 0 Å². The Morgan fingerprint density at radius 3 is 3.00 bits per heavy atom. The Morgan fingerprint density at radius 1 is 1.90 bits per heavy atom. The van der Waals surface area contributed by atoms with Gasteiger partial charge in [0, 0.05) is 7.05 Å². The zero-order valence-electron chi connectivity index (χ0n) is 5.73. The Hall–Kier alpha value is -0.940. The summed E-state index contributed by atoms with van der Waals surface area (Å²) in [5, 5.41) is 12.4. The van der Waals surface area contributed by atoms with E-state index in [1.54, 1.807) is 11.7 Å². The Kier molecular flexibility index (Phi) is 1.98. The number of nitrogens with zero attached hydrogens (tertiary/aromatic N) is 3. The lowest BCUT2D eigenvalue weighted by Gasteiger charge is -2.04. The van der Waals surface area contributed by atoms with Crippen molar-refractivity contribution in [2.45, 2.75) is 6.04 Å². The summed E-state index contributed by atoms with van der Waals surface area (Å²) in [5.74, 6) is 0.600. The molecule has 0 saturated heterocycles. The molecule has 0 spiro atoms. The van der Waals surface area contributed by atoms with Crippen LogP contribution in [0.1, 0.15) is 11.9 Å². The Bertz CT molecular complexity index is 209. The Labute approximate surface area is 58.5 Å². The fourth-order valence-corrected chi connectivity index (χ4v) is 0.723. The maximum atomic E-state index is 8.62. The van der Waals surface area contributed by atoms with Crippen LogP contribution < -0.4 is 5.73 Å². The molecule has 5 nitrogen and oxygen atoms in total. The summed E-state index contributed by atoms with van der Waals surface area (Å²) < 4.78 is 1.54. The van der Waals surface area contributed by atoms with Gasteiger partial charge in [-0.25, -0.2) is 4.98 Å². The van der Waals surface area contributed by atoms with E-state index in [0.717, 1.165) is 0 Å². The molecule has 0 amide bonds. The standard InChI is InChI=1S/C5H10N4O/c1-9-5(4(6)2-10)7-3-8-9/h3-4,10H,2,6H2,1H3/t4-/m0/s1. The van der Waals surface area contributed by atoms with Gasteiger partial charge in [-0.1, -0.05) is 0 Å². The third-order valence-electron chi connectivity index (χ3n) is 1.27. The number of aliphatic hydroxyl groups excluding tert-OH is 1. The molecule has 0 aliphatic carbocycles. The molecule has 5 heteroatoms. The van der Waals surface area contributed by atoms with E-state index in [2.05, 4.69) is 10.1 Å². The molecule has 0 aliphatic heterocycles. The quantitative estimate of drug-likeness (QED) is 0.544. The van der Waals surface area contributed by atoms with Crippen LogP contribution in [0.5, 0.6) is 0 Å². The van der Waals surface area contributed by atoms with Crippen LogP contribution >= 0.6 is 0 Å². The summed E-state index contributed by atoms with van der Waals surface area (Å²) in [5.41, 5.74) is 5.47. The van der Waals surface area contributed by atoms with Gasteiger partial charge in [0.25, 0.3) is 0 Å². The predicted molar refractivity (Wildman–Crippen MR) is 35.0 cm³/mol. The highest BCUT2D eigenvalue weighted by atomic mass is 16.3. The van der Waals surface area contributed by atoms with Crippen molar-refractivity contribution in [2.24, 2.45) is 12.8 Å². The van der Waals surface area contributed by atoms with Gasteiger partial charge in [0.05, 0.1) is 12.6 Å². The first-order valence-electron chi connectivity index (χ1n) is 2.96. The summed E-state index contributed by atoms with van der Waals surface area (Å²) in [6.45, 7) is -0.105. The lowest BCUT2D eigenvalue weighted by atomic mass is 10.3. The lowest BCUT2D eigenvalue weighted by Crippen LogP contribution is -2.19. The van der Waals surface area contributed by atoms with Crippen molar-refractivity contribution in [2.75, 3.05) is 6.61 Å². The molecule has 56 valence electrons. The lowest BCUT2D eigenvalue weighted by molar-refractivity contribution is 0.260. The minimum absolute atomic E-state index is 0.105. The minimum atomic E-state index is -0.424. The maximum absolute atomic E-state index is 8.62. The van der Waals surface area contributed by atoms with E-state index >= 15 is 0 Å². The van der Waals surface area contributed by atoms with Gasteiger partial charge >= 0.3 is 0 Å². The van der Waals surface area contributed by atoms with Crippen molar-refractivity contribution in [1.82, 2.24) is 14.8 Å². The summed E-state index contributed by atoms with van der Waals surface area (Å²) in [6, 6.07) is -0.424. The normalized spacial score (nSPS) is 13.5. The SMILES string of the molecule is Cn1ncnc1[C@@H](N)CO. The molecule has 1 aromatic heterocycles. The topological polar surface area (TPSA) is 77.0 Å². The molecule has 3 N–H and O–H groups in total. The highest BCUT2D eigenvalue weighted by Gasteiger charge is 2.08. The zero-order valence-corrected chi connectivity index (χ0v) is 5.73. The highest BCUT2D eigenvalue weighted by Crippen LogP contribution is 2.01. The molecule has 0 aromatic carbocycles. The summed E-state index contributed by atoms with van der Waals surface area (Å²) in [7, 11) is 1.73. The second-order valence-corrected chi connectivity index (χ2v) is 2.03. The van der Waals surface area contributed by atoms with Gasteiger partial charge < -0.3 is 10.8 Å². The average Bonchev–Trinajstić information content (AvgIpc) is 2.34. The third kappa shape index (κ3) is 1.14. The second-order valence-electron chi connectivity index (χ2n) is 2.03. The van der Waals surface area contributed by atoms with Crippen LogP contribution in [0.25, 0.3) is 0 Å². The molecule has 1 heterocycles. The van der Waals surface area contributed by atoms with E-state index < -0.39 is 6.04 Å². The van der Waals surface area contributed by atoms with Crippen LogP contribution in [-0.4, -0.2) is 26.5 Å². The second kappa shape index (κ2) is 2.76. The predicted octanol–water partition coefficient (Wildman–Crippen LogP) is -1.19. The first kappa shape index (κ1) is 7.17. The van der Waals surface area contributed by atoms with E-state index in [4.69, 9.17) is 10.8 Å². The van der Waals surface area contributed by atoms with Crippen LogP contribution in [0.2, 0.25) is 0 Å². The number of rotatable bonds is 2. The van der Waals surface area contributed by atoms with Gasteiger partial charge in [-0.15, -0.1) is 0 Å². The fourth-order valence-electron chi connectivity index (χ4n) is 0.723. The zero-order chi connectivity index (χ0) is 7.56. The number of hydrogen-bond donors (Lipinski definition) is 2. The minimum Gasteiger partial charge on any atom is -0.394 e. The summed E-state index contributed by atoms with van der Waals surface area (Å²) in [6.07, 6.45) is 1.41. The fraction of sp³-hybridized carbons (Fsp3) is 0.600. The third-order valence-corrected chi connectivity index (χ3v) is 1.27. The smallest absolute Gasteiger partial charge is 0.145 e. The van der Waals surface area contributed by atoms with E-state index in [-0.39, 0.29) is 6.61 Å². The van der Waals surface area contributed by atoms with Crippen LogP contribution in [0, 0.1) is 0 Å². The van der Waals surface area contributed by atoms with Gasteiger partial charge in [0.1, 0.15) is 12.2 Å². The molecular weight excluding hydrogens is 132 g/mol. The van der Waals surface area contributed by atoms with E-state index in [1.165, 1.54) is 6.33 Å². The number of aliphatic hydroxyl groups is 1. The van der Waals surface area contributed by atoms with Crippen LogP contribution in [-0.2, 0) is 7.05 Å². The molecule has 0 radical (unpaired) electrons. The monoisotopic (exact) mass is 142 g/mol. The van der Waals surface area contributed by atoms with Gasteiger partial charge in [0.2, 0.25) is 0 Å². The first-order valence-corrected chi connectivity index (χ1v) is 2.96. The molecule has 0 unspecified atom stereocenters. The van der Waals surface area contributed by atoms with Crippen molar-refractivity contribution in [3.05, 3.63) is 12.2 Å². The Morgan fingerprint density at radius 2 is 2.60 bits per heavy atom. The van der Waals surface area contributed by atoms with Crippen LogP contribution in [0.15, 0.2) is 6.33 Å². The average molecular weight is 142 g/mol. The molecule has 0 fully saturated rings. The van der Waals surface area contributed by atoms with Crippen LogP contribution in [0.4, 0.5) is 0 Å². The van der Waals surface area contributed by atoms with Crippen molar-refractivity contribution in [3.8, 4) is 0 Å². The molecule has 0 aliphatic rings. The number of hydrogen-bond acceptors (Lipinski definition) is 4. The number of nitrogens with two attached hydrogens (primary N) is 1. The van der Waals surface area contributed by atoms with Crippen molar-refractivity contribution in [1.29, 1.82) is 0 Å². The molecular formula is C5H10N4O. The van der Waals surface area contributed by atoms with E-state index in [9.17, 15) is 0 Å². The molecule has 0 saturated carbocycles. The van der Waals surface area contributed by atoms with Crippen molar-refractivity contribution >= 4 is 0 Å².